The highest BCUT2D eigenvalue weighted by Gasteiger charge is 2.30. The first-order valence-electron chi connectivity index (χ1n) is 9.55. The van der Waals surface area contributed by atoms with Crippen LogP contribution in [0.2, 0.25) is 0 Å². The van der Waals surface area contributed by atoms with E-state index in [0.717, 1.165) is 42.3 Å². The summed E-state index contributed by atoms with van der Waals surface area (Å²) in [5.74, 6) is 0.0950. The number of aromatic nitrogens is 2. The predicted octanol–water partition coefficient (Wildman–Crippen LogP) is 3.35. The molecule has 3 rings (SSSR count). The molecule has 0 radical (unpaired) electrons. The highest BCUT2D eigenvalue weighted by molar-refractivity contribution is 5.90. The summed E-state index contributed by atoms with van der Waals surface area (Å²) in [6.45, 7) is 3.28. The van der Waals surface area contributed by atoms with Gasteiger partial charge in [0.15, 0.2) is 0 Å². The monoisotopic (exact) mass is 373 g/mol. The normalized spacial score (nSPS) is 17.5. The molecule has 1 fully saturated rings. The number of piperidine rings is 1. The third kappa shape index (κ3) is 4.30. The van der Waals surface area contributed by atoms with Gasteiger partial charge in [0.25, 0.3) is 0 Å². The summed E-state index contributed by atoms with van der Waals surface area (Å²) in [5.41, 5.74) is 1.48. The first-order valence-corrected chi connectivity index (χ1v) is 9.55. The van der Waals surface area contributed by atoms with E-state index in [2.05, 4.69) is 4.98 Å². The zero-order valence-electron chi connectivity index (χ0n) is 16.0. The van der Waals surface area contributed by atoms with E-state index >= 15 is 0 Å². The minimum Gasteiger partial charge on any atom is -0.449 e. The van der Waals surface area contributed by atoms with Crippen molar-refractivity contribution in [2.75, 3.05) is 20.3 Å². The molecule has 0 unspecified atom stereocenters. The lowest BCUT2D eigenvalue weighted by molar-refractivity contribution is -0.138. The Hall–Kier alpha value is -2.41. The van der Waals surface area contributed by atoms with E-state index in [0.29, 0.717) is 26.2 Å². The summed E-state index contributed by atoms with van der Waals surface area (Å²) in [7, 11) is 1.64. The maximum atomic E-state index is 12.7. The molecule has 0 aliphatic carbocycles. The van der Waals surface area contributed by atoms with Gasteiger partial charge in [-0.3, -0.25) is 9.78 Å². The third-order valence-electron chi connectivity index (χ3n) is 4.96. The molecule has 1 aliphatic rings. The number of methoxy groups -OCH3 is 1. The Kier molecular flexibility index (Phi) is 6.45. The Morgan fingerprint density at radius 1 is 1.41 bits per heavy atom. The molecule has 27 heavy (non-hydrogen) atoms. The van der Waals surface area contributed by atoms with Gasteiger partial charge >= 0.3 is 6.09 Å². The van der Waals surface area contributed by atoms with Crippen molar-refractivity contribution in [1.29, 1.82) is 0 Å². The number of hydrogen-bond donors (Lipinski definition) is 0. The molecule has 146 valence electrons. The quantitative estimate of drug-likeness (QED) is 0.696. The number of carbonyl (C=O) groups is 2. The molecule has 0 N–H and O–H groups in total. The van der Waals surface area contributed by atoms with E-state index in [4.69, 9.17) is 9.47 Å². The van der Waals surface area contributed by atoms with Crippen molar-refractivity contribution in [2.24, 2.45) is 0 Å². The lowest BCUT2D eigenvalue weighted by Crippen LogP contribution is -2.45. The highest BCUT2D eigenvalue weighted by atomic mass is 16.5. The number of rotatable bonds is 7. The number of fused-ring (bicyclic) bond motifs is 1. The van der Waals surface area contributed by atoms with Crippen LogP contribution in [0.1, 0.15) is 44.7 Å². The van der Waals surface area contributed by atoms with E-state index in [1.165, 1.54) is 0 Å². The number of unbranched alkanes of at least 4 members (excludes halogenated alkanes) is 1. The van der Waals surface area contributed by atoms with Crippen LogP contribution < -0.4 is 0 Å². The molecule has 2 aromatic rings. The van der Waals surface area contributed by atoms with Crippen molar-refractivity contribution >= 4 is 22.9 Å². The molecule has 7 nitrogen and oxygen atoms in total. The number of nitrogens with zero attached hydrogens (tertiary/aromatic N) is 3. The number of likely N-dealkylation sites (tertiary alicyclic amines) is 1. The van der Waals surface area contributed by atoms with Crippen LogP contribution in [0, 0.1) is 0 Å². The fraction of sp³-hybridized carbons (Fsp3) is 0.550. The largest absolute Gasteiger partial charge is 0.449 e. The van der Waals surface area contributed by atoms with Gasteiger partial charge in [0.2, 0.25) is 5.91 Å². The van der Waals surface area contributed by atoms with Gasteiger partial charge in [-0.25, -0.2) is 9.36 Å². The van der Waals surface area contributed by atoms with Gasteiger partial charge in [0, 0.05) is 37.0 Å². The standard InChI is InChI=1S/C20H27N3O4/c1-3-4-10-27-20(25)23-17(11-15-12-21-9-8-18(15)23)13-22-16(14-26-2)6-5-7-19(22)24/h8-9,11-12,16H,3-7,10,13-14H2,1-2H3/t16-/m1/s1. The lowest BCUT2D eigenvalue weighted by atomic mass is 10.0. The van der Waals surface area contributed by atoms with Gasteiger partial charge in [-0.15, -0.1) is 0 Å². The minimum atomic E-state index is -0.410. The van der Waals surface area contributed by atoms with Crippen LogP contribution in [0.5, 0.6) is 0 Å². The molecule has 3 heterocycles. The van der Waals surface area contributed by atoms with Crippen molar-refractivity contribution in [3.8, 4) is 0 Å². The smallest absolute Gasteiger partial charge is 0.418 e. The van der Waals surface area contributed by atoms with Gasteiger partial charge in [0.1, 0.15) is 0 Å². The molecular formula is C20H27N3O4. The summed E-state index contributed by atoms with van der Waals surface area (Å²) in [5, 5.41) is 0.854. The van der Waals surface area contributed by atoms with Crippen LogP contribution in [0.3, 0.4) is 0 Å². The van der Waals surface area contributed by atoms with E-state index in [-0.39, 0.29) is 11.9 Å². The Balaban J connectivity index is 1.91. The number of ether oxygens (including phenoxy) is 2. The molecule has 1 aliphatic heterocycles. The Labute approximate surface area is 159 Å². The van der Waals surface area contributed by atoms with Crippen LogP contribution in [0.4, 0.5) is 4.79 Å². The number of carbonyl (C=O) groups excluding carboxylic acids is 2. The number of hydrogen-bond acceptors (Lipinski definition) is 5. The average Bonchev–Trinajstić information content (AvgIpc) is 3.03. The Bertz CT molecular complexity index is 800. The molecule has 0 spiro atoms. The maximum Gasteiger partial charge on any atom is 0.418 e. The summed E-state index contributed by atoms with van der Waals surface area (Å²) in [6.07, 6.45) is 7.05. The second-order valence-electron chi connectivity index (χ2n) is 6.90. The van der Waals surface area contributed by atoms with Gasteiger partial charge < -0.3 is 14.4 Å². The first kappa shape index (κ1) is 19.4. The van der Waals surface area contributed by atoms with Gasteiger partial charge in [-0.05, 0) is 31.4 Å². The first-order chi connectivity index (χ1) is 13.2. The van der Waals surface area contributed by atoms with E-state index in [1.54, 1.807) is 30.1 Å². The topological polar surface area (TPSA) is 73.7 Å². The van der Waals surface area contributed by atoms with Crippen molar-refractivity contribution < 1.29 is 19.1 Å². The SMILES string of the molecule is CCCCOC(=O)n1c(CN2C(=O)CCC[C@@H]2COC)cc2cnccc21. The molecule has 0 aromatic carbocycles. The van der Waals surface area contributed by atoms with E-state index in [1.807, 2.05) is 17.9 Å². The molecule has 0 saturated carbocycles. The molecular weight excluding hydrogens is 346 g/mol. The zero-order chi connectivity index (χ0) is 19.2. The highest BCUT2D eigenvalue weighted by Crippen LogP contribution is 2.25. The van der Waals surface area contributed by atoms with Crippen LogP contribution >= 0.6 is 0 Å². The molecule has 1 atom stereocenters. The van der Waals surface area contributed by atoms with Crippen molar-refractivity contribution in [3.63, 3.8) is 0 Å². The predicted molar refractivity (Wildman–Crippen MR) is 101 cm³/mol. The molecule has 0 bridgehead atoms. The maximum absolute atomic E-state index is 12.7. The van der Waals surface area contributed by atoms with E-state index < -0.39 is 6.09 Å². The molecule has 2 aromatic heterocycles. The van der Waals surface area contributed by atoms with Gasteiger partial charge in [0.05, 0.1) is 31.3 Å². The zero-order valence-corrected chi connectivity index (χ0v) is 16.0. The van der Waals surface area contributed by atoms with Crippen LogP contribution in [0.25, 0.3) is 10.9 Å². The summed E-state index contributed by atoms with van der Waals surface area (Å²) >= 11 is 0. The fourth-order valence-corrected chi connectivity index (χ4v) is 3.56. The van der Waals surface area contributed by atoms with Gasteiger partial charge in [-0.1, -0.05) is 13.3 Å². The van der Waals surface area contributed by atoms with Crippen molar-refractivity contribution in [2.45, 2.75) is 51.6 Å². The Morgan fingerprint density at radius 3 is 3.04 bits per heavy atom. The van der Waals surface area contributed by atoms with Gasteiger partial charge in [-0.2, -0.15) is 0 Å². The number of pyridine rings is 1. The second kappa shape index (κ2) is 8.99. The van der Waals surface area contributed by atoms with Crippen LogP contribution in [-0.4, -0.2) is 52.8 Å². The lowest BCUT2D eigenvalue weighted by Gasteiger charge is -2.35. The average molecular weight is 373 g/mol. The molecule has 1 amide bonds. The molecule has 1 saturated heterocycles. The fourth-order valence-electron chi connectivity index (χ4n) is 3.56. The Morgan fingerprint density at radius 2 is 2.26 bits per heavy atom. The minimum absolute atomic E-state index is 0.0250. The van der Waals surface area contributed by atoms with Crippen LogP contribution in [-0.2, 0) is 20.8 Å². The summed E-state index contributed by atoms with van der Waals surface area (Å²) in [6, 6.07) is 3.73. The summed E-state index contributed by atoms with van der Waals surface area (Å²) < 4.78 is 12.3. The molecule has 7 heteroatoms. The summed E-state index contributed by atoms with van der Waals surface area (Å²) in [4.78, 5) is 31.2. The van der Waals surface area contributed by atoms with Crippen molar-refractivity contribution in [3.05, 3.63) is 30.2 Å². The third-order valence-corrected chi connectivity index (χ3v) is 4.96. The van der Waals surface area contributed by atoms with Crippen molar-refractivity contribution in [1.82, 2.24) is 14.5 Å². The second-order valence-corrected chi connectivity index (χ2v) is 6.90. The van der Waals surface area contributed by atoms with E-state index in [9.17, 15) is 9.59 Å². The van der Waals surface area contributed by atoms with Crippen LogP contribution in [0.15, 0.2) is 24.5 Å². The number of amides is 1.